The average molecular weight is 1050 g/mol. The van der Waals surface area contributed by atoms with E-state index >= 15 is 0 Å². The largest absolute Gasteiger partial charge is 0.493 e. The number of hydrogen-bond acceptors (Lipinski definition) is 10. The molecule has 2 heterocycles. The van der Waals surface area contributed by atoms with Crippen molar-refractivity contribution in [1.29, 1.82) is 0 Å². The maximum atomic E-state index is 6.33. The lowest BCUT2D eigenvalue weighted by Crippen LogP contribution is -2.11. The smallest absolute Gasteiger partial charge is 0.182 e. The maximum Gasteiger partial charge on any atom is 0.182 e. The van der Waals surface area contributed by atoms with Gasteiger partial charge in [0.1, 0.15) is 45.8 Å². The van der Waals surface area contributed by atoms with Gasteiger partial charge in [0, 0.05) is 33.4 Å². The van der Waals surface area contributed by atoms with Crippen molar-refractivity contribution in [2.45, 2.75) is 158 Å². The molecule has 4 unspecified atom stereocenters. The number of hydrogen-bond donors (Lipinski definition) is 0. The molecule has 7 aromatic rings. The Hall–Kier alpha value is -6.68. The van der Waals surface area contributed by atoms with E-state index in [1.807, 2.05) is 72.8 Å². The van der Waals surface area contributed by atoms with Crippen molar-refractivity contribution in [3.05, 3.63) is 121 Å². The summed E-state index contributed by atoms with van der Waals surface area (Å²) in [5.74, 6) is 6.55. The lowest BCUT2D eigenvalue weighted by atomic mass is 10.0. The van der Waals surface area contributed by atoms with Crippen molar-refractivity contribution in [3.8, 4) is 90.8 Å². The molecule has 0 aliphatic carbocycles. The van der Waals surface area contributed by atoms with Gasteiger partial charge >= 0.3 is 0 Å². The molecule has 0 aliphatic heterocycles. The van der Waals surface area contributed by atoms with E-state index in [4.69, 9.17) is 49.3 Å². The molecule has 0 aliphatic rings. The molecule has 414 valence electrons. The third-order valence-electron chi connectivity index (χ3n) is 15.4. The molecule has 0 saturated carbocycles. The summed E-state index contributed by atoms with van der Waals surface area (Å²) in [6.45, 7) is 20.8. The summed E-state index contributed by atoms with van der Waals surface area (Å²) in [4.78, 5) is 10.5. The van der Waals surface area contributed by atoms with Crippen LogP contribution in [0.5, 0.6) is 23.0 Å². The summed E-state index contributed by atoms with van der Waals surface area (Å²) >= 11 is 0. The minimum absolute atomic E-state index is 0.506. The second-order valence-electron chi connectivity index (χ2n) is 21.3. The van der Waals surface area contributed by atoms with E-state index in [9.17, 15) is 0 Å². The lowest BCUT2D eigenvalue weighted by Gasteiger charge is -2.16. The molecule has 0 amide bonds. The highest BCUT2D eigenvalue weighted by molar-refractivity contribution is 5.81. The van der Waals surface area contributed by atoms with Crippen LogP contribution >= 0.6 is 0 Å². The molecule has 0 fully saturated rings. The Balaban J connectivity index is 1.17. The summed E-state index contributed by atoms with van der Waals surface area (Å²) in [5.41, 5.74) is 8.12. The predicted octanol–water partition coefficient (Wildman–Crippen LogP) is 18.4. The van der Waals surface area contributed by atoms with Crippen molar-refractivity contribution in [2.24, 2.45) is 23.7 Å². The lowest BCUT2D eigenvalue weighted by molar-refractivity contribution is 0.233. The fourth-order valence-corrected chi connectivity index (χ4v) is 9.74. The zero-order chi connectivity index (χ0) is 54.9. The Labute approximate surface area is 467 Å². The number of unbranched alkanes of at least 4 members (excludes halogenated alkanes) is 4. The van der Waals surface area contributed by atoms with Crippen LogP contribution in [-0.2, 0) is 0 Å². The maximum absolute atomic E-state index is 6.33. The summed E-state index contributed by atoms with van der Waals surface area (Å²) in [5, 5.41) is 19.3. The van der Waals surface area contributed by atoms with Crippen LogP contribution in [0.25, 0.3) is 67.8 Å². The Kier molecular flexibility index (Phi) is 23.9. The second-order valence-corrected chi connectivity index (χ2v) is 21.3. The van der Waals surface area contributed by atoms with Crippen LogP contribution in [-0.4, -0.2) is 56.8 Å². The first kappa shape index (κ1) is 59.0. The zero-order valence-corrected chi connectivity index (χ0v) is 48.3. The molecular weight excluding hydrogens is 965 g/mol. The molecule has 0 radical (unpaired) electrons. The molecule has 0 spiro atoms. The molecule has 5 aromatic carbocycles. The van der Waals surface area contributed by atoms with Crippen LogP contribution in [0.1, 0.15) is 158 Å². The van der Waals surface area contributed by atoms with Gasteiger partial charge in [0.05, 0.1) is 26.4 Å². The van der Waals surface area contributed by atoms with Crippen molar-refractivity contribution in [3.63, 3.8) is 0 Å². The first-order valence-electron chi connectivity index (χ1n) is 29.8. The Bertz CT molecular complexity index is 2610. The number of ether oxygens (including phenoxy) is 4. The molecule has 4 atom stereocenters. The first-order chi connectivity index (χ1) is 38.3. The molecule has 10 nitrogen and oxygen atoms in total. The third-order valence-corrected chi connectivity index (χ3v) is 15.4. The summed E-state index contributed by atoms with van der Waals surface area (Å²) in [7, 11) is 0. The Morgan fingerprint density at radius 1 is 0.282 bits per heavy atom. The molecule has 0 bridgehead atoms. The van der Waals surface area contributed by atoms with Gasteiger partial charge in [0.25, 0.3) is 0 Å². The highest BCUT2D eigenvalue weighted by Gasteiger charge is 2.20. The molecule has 7 rings (SSSR count). The van der Waals surface area contributed by atoms with Gasteiger partial charge in [-0.1, -0.05) is 157 Å². The highest BCUT2D eigenvalue weighted by Crippen LogP contribution is 2.36. The van der Waals surface area contributed by atoms with Crippen LogP contribution in [0.3, 0.4) is 0 Å². The zero-order valence-electron chi connectivity index (χ0n) is 48.3. The van der Waals surface area contributed by atoms with Gasteiger partial charge < -0.3 is 18.9 Å². The standard InChI is InChI=1S/C68H88N6O4/c1-9-17-21-49(13-5)45-75-59-37-29-53(30-38-59)63-65(55-33-41-61(42-34-55)77-47-51(15-7)23-19-11-3)71-73-67(69-63)57-25-27-58(28-26-57)68-70-64(54-31-39-60(40-32-54)76-46-50(14-6)22-18-10-2)66(72-74-68)56-35-43-62(44-36-56)78-48-52(16-8)24-20-12-4/h25-44,49-52H,9-24,45-48H2,1-8H3. The topological polar surface area (TPSA) is 114 Å². The van der Waals surface area contributed by atoms with Crippen LogP contribution < -0.4 is 18.9 Å². The van der Waals surface area contributed by atoms with Gasteiger partial charge in [-0.25, -0.2) is 9.97 Å². The third kappa shape index (κ3) is 17.2. The van der Waals surface area contributed by atoms with E-state index in [0.717, 1.165) is 93.4 Å². The van der Waals surface area contributed by atoms with Crippen LogP contribution in [0, 0.1) is 23.7 Å². The van der Waals surface area contributed by atoms with E-state index in [0.29, 0.717) is 73.1 Å². The average Bonchev–Trinajstić information content (AvgIpc) is 3.55. The fourth-order valence-electron chi connectivity index (χ4n) is 9.74. The van der Waals surface area contributed by atoms with E-state index in [1.165, 1.54) is 77.0 Å². The van der Waals surface area contributed by atoms with Crippen LogP contribution in [0.4, 0.5) is 0 Å². The number of nitrogens with zero attached hydrogens (tertiary/aromatic N) is 6. The number of benzene rings is 5. The normalized spacial score (nSPS) is 12.9. The van der Waals surface area contributed by atoms with Crippen molar-refractivity contribution in [2.75, 3.05) is 26.4 Å². The highest BCUT2D eigenvalue weighted by atomic mass is 16.5. The van der Waals surface area contributed by atoms with Crippen molar-refractivity contribution < 1.29 is 18.9 Å². The number of aromatic nitrogens is 6. The van der Waals surface area contributed by atoms with Gasteiger partial charge in [-0.2, -0.15) is 0 Å². The minimum atomic E-state index is 0.506. The predicted molar refractivity (Wildman–Crippen MR) is 321 cm³/mol. The van der Waals surface area contributed by atoms with Gasteiger partial charge in [-0.3, -0.25) is 0 Å². The molecule has 78 heavy (non-hydrogen) atoms. The van der Waals surface area contributed by atoms with Crippen LogP contribution in [0.15, 0.2) is 121 Å². The Morgan fingerprint density at radius 2 is 0.513 bits per heavy atom. The van der Waals surface area contributed by atoms with Crippen molar-refractivity contribution in [1.82, 2.24) is 30.4 Å². The molecule has 0 N–H and O–H groups in total. The van der Waals surface area contributed by atoms with E-state index in [-0.39, 0.29) is 0 Å². The first-order valence-corrected chi connectivity index (χ1v) is 29.8. The van der Waals surface area contributed by atoms with Gasteiger partial charge in [-0.15, -0.1) is 20.4 Å². The van der Waals surface area contributed by atoms with E-state index < -0.39 is 0 Å². The van der Waals surface area contributed by atoms with Gasteiger partial charge in [0.15, 0.2) is 11.6 Å². The second kappa shape index (κ2) is 31.7. The van der Waals surface area contributed by atoms with E-state index in [1.54, 1.807) is 0 Å². The summed E-state index contributed by atoms with van der Waals surface area (Å²) in [6.07, 6.45) is 18.8. The van der Waals surface area contributed by atoms with Crippen LogP contribution in [0.2, 0.25) is 0 Å². The molecular formula is C68H88N6O4. The Morgan fingerprint density at radius 3 is 0.744 bits per heavy atom. The quantitative estimate of drug-likeness (QED) is 0.0386. The summed E-state index contributed by atoms with van der Waals surface area (Å²) in [6, 6.07) is 40.8. The van der Waals surface area contributed by atoms with Gasteiger partial charge in [0.2, 0.25) is 0 Å². The number of rotatable bonds is 34. The monoisotopic (exact) mass is 1050 g/mol. The van der Waals surface area contributed by atoms with Crippen molar-refractivity contribution >= 4 is 0 Å². The minimum Gasteiger partial charge on any atom is -0.493 e. The summed E-state index contributed by atoms with van der Waals surface area (Å²) < 4.78 is 25.2. The fraction of sp³-hybridized carbons (Fsp3) is 0.471. The molecule has 0 saturated heterocycles. The van der Waals surface area contributed by atoms with Gasteiger partial charge in [-0.05, 0) is 146 Å². The van der Waals surface area contributed by atoms with E-state index in [2.05, 4.69) is 104 Å². The molecule has 2 aromatic heterocycles. The SMILES string of the molecule is CCCCC(CC)COc1ccc(-c2nnc(-c3ccc(-c4nnc(-c5ccc(OCC(CC)CCCC)cc5)c(-c5ccc(OCC(CC)CCCC)cc5)n4)cc3)nc2-c2ccc(OCC(CC)CCCC)cc2)cc1. The molecule has 10 heteroatoms.